The maximum atomic E-state index is 10.7. The molecule has 0 fully saturated rings. The Bertz CT molecular complexity index is 645. The Balaban J connectivity index is 2.20. The van der Waals surface area contributed by atoms with Gasteiger partial charge >= 0.3 is 0 Å². The maximum absolute atomic E-state index is 10.7. The molecule has 1 N–H and O–H groups in total. The number of hydrogen-bond acceptors (Lipinski definition) is 3. The highest BCUT2D eigenvalue weighted by Crippen LogP contribution is 2.28. The lowest BCUT2D eigenvalue weighted by molar-refractivity contribution is -0.384. The molecule has 110 valence electrons. The molecule has 4 nitrogen and oxygen atoms in total. The van der Waals surface area contributed by atoms with Gasteiger partial charge in [-0.15, -0.1) is 0 Å². The molecule has 0 bridgehead atoms. The van der Waals surface area contributed by atoms with E-state index >= 15 is 0 Å². The minimum atomic E-state index is -0.407. The fourth-order valence-corrected chi connectivity index (χ4v) is 2.68. The van der Waals surface area contributed by atoms with Crippen LogP contribution in [0.15, 0.2) is 42.5 Å². The summed E-state index contributed by atoms with van der Waals surface area (Å²) in [7, 11) is 1.85. The first-order valence-electron chi connectivity index (χ1n) is 6.37. The molecular formula is C15H14Cl2N2O2. The summed E-state index contributed by atoms with van der Waals surface area (Å²) in [5.41, 5.74) is 2.03. The number of benzene rings is 2. The number of hydrogen-bond donors (Lipinski definition) is 1. The predicted molar refractivity (Wildman–Crippen MR) is 85.1 cm³/mol. The van der Waals surface area contributed by atoms with Gasteiger partial charge in [0.05, 0.1) is 4.92 Å². The monoisotopic (exact) mass is 324 g/mol. The van der Waals surface area contributed by atoms with E-state index in [2.05, 4.69) is 5.32 Å². The largest absolute Gasteiger partial charge is 0.313 e. The quantitative estimate of drug-likeness (QED) is 0.654. The van der Waals surface area contributed by atoms with Crippen LogP contribution in [0.3, 0.4) is 0 Å². The molecule has 0 heterocycles. The van der Waals surface area contributed by atoms with E-state index in [1.807, 2.05) is 13.1 Å². The summed E-state index contributed by atoms with van der Waals surface area (Å²) in [6.07, 6.45) is 0.676. The Morgan fingerprint density at radius 1 is 1.19 bits per heavy atom. The van der Waals surface area contributed by atoms with E-state index in [-0.39, 0.29) is 11.7 Å². The third kappa shape index (κ3) is 3.94. The van der Waals surface area contributed by atoms with Crippen LogP contribution in [0.2, 0.25) is 10.0 Å². The zero-order valence-corrected chi connectivity index (χ0v) is 12.9. The van der Waals surface area contributed by atoms with Crippen molar-refractivity contribution in [3.05, 3.63) is 73.8 Å². The lowest BCUT2D eigenvalue weighted by Crippen LogP contribution is -2.19. The molecule has 0 saturated heterocycles. The van der Waals surface area contributed by atoms with E-state index in [1.165, 1.54) is 12.1 Å². The second kappa shape index (κ2) is 6.89. The van der Waals surface area contributed by atoms with Gasteiger partial charge in [0, 0.05) is 28.2 Å². The number of nitro benzene ring substituents is 1. The number of nitrogens with one attached hydrogen (secondary N) is 1. The second-order valence-electron chi connectivity index (χ2n) is 4.63. The number of likely N-dealkylation sites (N-methyl/N-ethyl adjacent to an activating group) is 1. The van der Waals surface area contributed by atoms with Crippen molar-refractivity contribution in [1.82, 2.24) is 5.32 Å². The van der Waals surface area contributed by atoms with Crippen LogP contribution >= 0.6 is 23.2 Å². The number of halogens is 2. The van der Waals surface area contributed by atoms with Gasteiger partial charge < -0.3 is 5.32 Å². The predicted octanol–water partition coefficient (Wildman–Crippen LogP) is 4.40. The Kier molecular flexibility index (Phi) is 5.17. The van der Waals surface area contributed by atoms with Gasteiger partial charge in [0.2, 0.25) is 0 Å². The van der Waals surface area contributed by atoms with E-state index in [4.69, 9.17) is 23.2 Å². The fourth-order valence-electron chi connectivity index (χ4n) is 2.14. The van der Waals surface area contributed by atoms with Crippen LogP contribution in [0.25, 0.3) is 0 Å². The molecule has 1 unspecified atom stereocenters. The van der Waals surface area contributed by atoms with Gasteiger partial charge in [0.15, 0.2) is 0 Å². The Hall–Kier alpha value is -1.62. The average molecular weight is 325 g/mol. The van der Waals surface area contributed by atoms with Gasteiger partial charge in [0.25, 0.3) is 5.69 Å². The van der Waals surface area contributed by atoms with Gasteiger partial charge in [-0.3, -0.25) is 10.1 Å². The molecule has 2 rings (SSSR count). The van der Waals surface area contributed by atoms with Crippen molar-refractivity contribution in [3.8, 4) is 0 Å². The molecule has 2 aromatic rings. The van der Waals surface area contributed by atoms with Crippen molar-refractivity contribution < 1.29 is 4.92 Å². The van der Waals surface area contributed by atoms with E-state index in [1.54, 1.807) is 24.3 Å². The van der Waals surface area contributed by atoms with Crippen LogP contribution < -0.4 is 5.32 Å². The van der Waals surface area contributed by atoms with Crippen molar-refractivity contribution in [3.63, 3.8) is 0 Å². The number of nitro groups is 1. The molecule has 1 atom stereocenters. The Morgan fingerprint density at radius 3 is 2.38 bits per heavy atom. The van der Waals surface area contributed by atoms with Crippen LogP contribution in [-0.4, -0.2) is 12.0 Å². The van der Waals surface area contributed by atoms with Crippen molar-refractivity contribution in [1.29, 1.82) is 0 Å². The average Bonchev–Trinajstić information content (AvgIpc) is 2.46. The summed E-state index contributed by atoms with van der Waals surface area (Å²) in [6.45, 7) is 0. The van der Waals surface area contributed by atoms with E-state index in [0.717, 1.165) is 11.1 Å². The SMILES string of the molecule is CNC(Cc1ccc([N+](=O)[O-])cc1)c1ccc(Cl)cc1Cl. The third-order valence-electron chi connectivity index (χ3n) is 3.27. The highest BCUT2D eigenvalue weighted by atomic mass is 35.5. The van der Waals surface area contributed by atoms with Gasteiger partial charge in [-0.25, -0.2) is 0 Å². The van der Waals surface area contributed by atoms with Crippen molar-refractivity contribution in [2.45, 2.75) is 12.5 Å². The second-order valence-corrected chi connectivity index (χ2v) is 5.48. The van der Waals surface area contributed by atoms with E-state index in [9.17, 15) is 10.1 Å². The zero-order chi connectivity index (χ0) is 15.4. The molecule has 0 spiro atoms. The number of nitrogens with zero attached hydrogens (tertiary/aromatic N) is 1. The minimum absolute atomic E-state index is 0.0104. The van der Waals surface area contributed by atoms with Crippen LogP contribution in [0.1, 0.15) is 17.2 Å². The molecule has 0 aliphatic heterocycles. The summed E-state index contributed by atoms with van der Waals surface area (Å²) >= 11 is 12.1. The first-order chi connectivity index (χ1) is 10.0. The molecule has 6 heteroatoms. The van der Waals surface area contributed by atoms with Crippen molar-refractivity contribution in [2.75, 3.05) is 7.05 Å². The standard InChI is InChI=1S/C15H14Cl2N2O2/c1-18-15(13-7-4-11(16)9-14(13)17)8-10-2-5-12(6-3-10)19(20)21/h2-7,9,15,18H,8H2,1H3. The summed E-state index contributed by atoms with van der Waals surface area (Å²) in [5, 5.41) is 15.0. The van der Waals surface area contributed by atoms with Gasteiger partial charge in [-0.05, 0) is 36.7 Å². The molecule has 0 saturated carbocycles. The maximum Gasteiger partial charge on any atom is 0.269 e. The molecular weight excluding hydrogens is 311 g/mol. The van der Waals surface area contributed by atoms with Gasteiger partial charge in [0.1, 0.15) is 0 Å². The smallest absolute Gasteiger partial charge is 0.269 e. The van der Waals surface area contributed by atoms with E-state index in [0.29, 0.717) is 16.5 Å². The van der Waals surface area contributed by atoms with Crippen LogP contribution in [0, 0.1) is 10.1 Å². The summed E-state index contributed by atoms with van der Waals surface area (Å²) in [6, 6.07) is 11.9. The Labute approximate surface area is 132 Å². The molecule has 0 amide bonds. The molecule has 0 radical (unpaired) electrons. The fraction of sp³-hybridized carbons (Fsp3) is 0.200. The van der Waals surface area contributed by atoms with Crippen LogP contribution in [-0.2, 0) is 6.42 Å². The van der Waals surface area contributed by atoms with Gasteiger partial charge in [-0.1, -0.05) is 41.4 Å². The highest BCUT2D eigenvalue weighted by molar-refractivity contribution is 6.35. The summed E-state index contributed by atoms with van der Waals surface area (Å²) < 4.78 is 0. The number of non-ortho nitro benzene ring substituents is 1. The molecule has 0 aromatic heterocycles. The first kappa shape index (κ1) is 15.8. The molecule has 21 heavy (non-hydrogen) atoms. The molecule has 0 aliphatic rings. The topological polar surface area (TPSA) is 55.2 Å². The molecule has 0 aliphatic carbocycles. The van der Waals surface area contributed by atoms with Crippen molar-refractivity contribution >= 4 is 28.9 Å². The number of rotatable bonds is 5. The van der Waals surface area contributed by atoms with Gasteiger partial charge in [-0.2, -0.15) is 0 Å². The third-order valence-corrected chi connectivity index (χ3v) is 3.84. The first-order valence-corrected chi connectivity index (χ1v) is 7.12. The zero-order valence-electron chi connectivity index (χ0n) is 11.3. The summed E-state index contributed by atoms with van der Waals surface area (Å²) in [4.78, 5) is 10.2. The lowest BCUT2D eigenvalue weighted by Gasteiger charge is -2.18. The minimum Gasteiger partial charge on any atom is -0.313 e. The van der Waals surface area contributed by atoms with Crippen LogP contribution in [0.5, 0.6) is 0 Å². The summed E-state index contributed by atoms with van der Waals surface area (Å²) in [5.74, 6) is 0. The normalized spacial score (nSPS) is 12.1. The highest BCUT2D eigenvalue weighted by Gasteiger charge is 2.14. The van der Waals surface area contributed by atoms with E-state index < -0.39 is 4.92 Å². The lowest BCUT2D eigenvalue weighted by atomic mass is 9.99. The molecule has 2 aromatic carbocycles. The Morgan fingerprint density at radius 2 is 1.86 bits per heavy atom. The van der Waals surface area contributed by atoms with Crippen LogP contribution in [0.4, 0.5) is 5.69 Å². The van der Waals surface area contributed by atoms with Crippen molar-refractivity contribution in [2.24, 2.45) is 0 Å².